The van der Waals surface area contributed by atoms with Crippen LogP contribution in [0.15, 0.2) is 194 Å². The highest BCUT2D eigenvalue weighted by molar-refractivity contribution is 8.01. The first kappa shape index (κ1) is 34.6. The van der Waals surface area contributed by atoms with Crippen LogP contribution >= 0.6 is 7.26 Å². The molecule has 7 aromatic carbocycles. The van der Waals surface area contributed by atoms with E-state index in [1.165, 1.54) is 39.4 Å². The van der Waals surface area contributed by atoms with Gasteiger partial charge in [-0.25, -0.2) is 0 Å². The predicted molar refractivity (Wildman–Crippen MR) is 210 cm³/mol. The second-order valence-corrected chi connectivity index (χ2v) is 15.2. The minimum absolute atomic E-state index is 0.0542. The number of benzene rings is 7. The summed E-state index contributed by atoms with van der Waals surface area (Å²) in [7, 11) is -1.91. The number of nitrogens with one attached hydrogen (secondary N) is 1. The van der Waals surface area contributed by atoms with Crippen LogP contribution < -0.4 is 26.5 Å². The minimum atomic E-state index is -1.91. The number of aromatic hydroxyl groups is 2. The summed E-state index contributed by atoms with van der Waals surface area (Å²) in [5.41, 5.74) is 1.65. The van der Waals surface area contributed by atoms with Gasteiger partial charge in [0.15, 0.2) is 5.78 Å². The molecule has 0 radical (unpaired) electrons. The Labute approximate surface area is 298 Å². The molecule has 0 spiro atoms. The first-order chi connectivity index (χ1) is 25.0. The third kappa shape index (κ3) is 7.96. The van der Waals surface area contributed by atoms with E-state index < -0.39 is 13.2 Å². The molecule has 0 atom stereocenters. The molecule has 3 N–H and O–H groups in total. The highest BCUT2D eigenvalue weighted by Gasteiger charge is 2.47. The van der Waals surface area contributed by atoms with E-state index in [0.29, 0.717) is 11.3 Å². The number of Topliss-reactive ketones (excluding diaryl/α,β-unsaturated/α-hetero) is 1. The number of amides is 1. The van der Waals surface area contributed by atoms with Crippen LogP contribution in [0.4, 0.5) is 5.69 Å². The quantitative estimate of drug-likeness (QED) is 0.106. The summed E-state index contributed by atoms with van der Waals surface area (Å²) < 4.78 is 0. The van der Waals surface area contributed by atoms with Gasteiger partial charge >= 0.3 is 0 Å². The van der Waals surface area contributed by atoms with Gasteiger partial charge in [0.05, 0.1) is 11.1 Å². The summed E-state index contributed by atoms with van der Waals surface area (Å²) in [6.07, 6.45) is 0.0951. The fraction of sp³-hybridized carbons (Fsp3) is 0.0222. The number of ketones is 1. The van der Waals surface area contributed by atoms with Crippen LogP contribution in [0.2, 0.25) is 0 Å². The first-order valence-electron chi connectivity index (χ1n) is 16.6. The van der Waals surface area contributed by atoms with Gasteiger partial charge in [0.25, 0.3) is 5.91 Å². The van der Waals surface area contributed by atoms with Crippen molar-refractivity contribution in [1.29, 1.82) is 0 Å². The molecular formula is C45H37NO4P+. The summed E-state index contributed by atoms with van der Waals surface area (Å²) in [6, 6.07) is 63.4. The first-order valence-corrected chi connectivity index (χ1v) is 18.4. The Kier molecular flexibility index (Phi) is 11.1. The third-order valence-corrected chi connectivity index (χ3v) is 12.8. The van der Waals surface area contributed by atoms with E-state index in [9.17, 15) is 19.8 Å². The molecule has 7 aromatic rings. The highest BCUT2D eigenvalue weighted by Crippen LogP contribution is 2.54. The molecule has 5 nitrogen and oxygen atoms in total. The number of phenolic OH excluding ortho intramolecular Hbond substituents is 2. The number of phenols is 2. The number of anilines is 1. The van der Waals surface area contributed by atoms with Gasteiger partial charge < -0.3 is 15.5 Å². The molecule has 0 saturated carbocycles. The minimum Gasteiger partial charge on any atom is -0.507 e. The number of para-hydroxylation sites is 2. The smallest absolute Gasteiger partial charge is 0.259 e. The second kappa shape index (κ2) is 16.4. The molecule has 0 saturated heterocycles. The van der Waals surface area contributed by atoms with Crippen molar-refractivity contribution in [3.63, 3.8) is 0 Å². The monoisotopic (exact) mass is 686 g/mol. The molecule has 250 valence electrons. The van der Waals surface area contributed by atoms with Crippen LogP contribution in [0.25, 0.3) is 0 Å². The summed E-state index contributed by atoms with van der Waals surface area (Å²) in [4.78, 5) is 24.6. The molecule has 6 heteroatoms. The molecule has 0 bridgehead atoms. The van der Waals surface area contributed by atoms with Gasteiger partial charge in [-0.2, -0.15) is 0 Å². The van der Waals surface area contributed by atoms with Gasteiger partial charge in [0.1, 0.15) is 40.0 Å². The summed E-state index contributed by atoms with van der Waals surface area (Å²) >= 11 is 0. The zero-order valence-corrected chi connectivity index (χ0v) is 28.7. The molecule has 0 aliphatic carbocycles. The molecule has 0 aliphatic heterocycles. The fourth-order valence-electron chi connectivity index (χ4n) is 6.11. The van der Waals surface area contributed by atoms with Gasteiger partial charge in [-0.3, -0.25) is 9.59 Å². The van der Waals surface area contributed by atoms with Crippen molar-refractivity contribution in [2.45, 2.75) is 6.42 Å². The number of hydrogen-bond donors (Lipinski definition) is 3. The largest absolute Gasteiger partial charge is 0.507 e. The predicted octanol–water partition coefficient (Wildman–Crippen LogP) is 8.08. The lowest BCUT2D eigenvalue weighted by atomic mass is 10.0. The number of hydrogen-bond acceptors (Lipinski definition) is 4. The maximum absolute atomic E-state index is 12.4. The maximum atomic E-state index is 12.4. The lowest BCUT2D eigenvalue weighted by Gasteiger charge is -2.27. The van der Waals surface area contributed by atoms with Crippen molar-refractivity contribution in [2.24, 2.45) is 0 Å². The van der Waals surface area contributed by atoms with E-state index >= 15 is 0 Å². The van der Waals surface area contributed by atoms with Gasteiger partial charge in [0.2, 0.25) is 0 Å². The van der Waals surface area contributed by atoms with Crippen LogP contribution in [0, 0.1) is 0 Å². The molecule has 1 amide bonds. The Morgan fingerprint density at radius 3 is 1.27 bits per heavy atom. The summed E-state index contributed by atoms with van der Waals surface area (Å²) in [5.74, 6) is -0.808. The van der Waals surface area contributed by atoms with E-state index in [1.54, 1.807) is 54.6 Å². The summed E-state index contributed by atoms with van der Waals surface area (Å²) in [6.45, 7) is 0. The van der Waals surface area contributed by atoms with Crippen molar-refractivity contribution in [3.05, 3.63) is 211 Å². The Hall–Kier alpha value is -6.29. The lowest BCUT2D eigenvalue weighted by Crippen LogP contribution is -2.38. The van der Waals surface area contributed by atoms with Crippen molar-refractivity contribution < 1.29 is 19.8 Å². The normalized spacial score (nSPS) is 10.7. The molecule has 0 unspecified atom stereocenters. The van der Waals surface area contributed by atoms with Crippen LogP contribution in [-0.4, -0.2) is 21.9 Å². The van der Waals surface area contributed by atoms with E-state index in [1.807, 2.05) is 0 Å². The Morgan fingerprint density at radius 2 is 0.843 bits per heavy atom. The van der Waals surface area contributed by atoms with E-state index in [0.717, 1.165) is 0 Å². The average Bonchev–Trinajstić information content (AvgIpc) is 3.18. The fourth-order valence-corrected chi connectivity index (χ4v) is 10.4. The van der Waals surface area contributed by atoms with Crippen molar-refractivity contribution in [2.75, 3.05) is 5.32 Å². The number of carbonyl (C=O) groups excluding carboxylic acids is 2. The van der Waals surface area contributed by atoms with E-state index in [2.05, 4.69) is 127 Å². The van der Waals surface area contributed by atoms with E-state index in [4.69, 9.17) is 0 Å². The number of rotatable bonds is 9. The topological polar surface area (TPSA) is 86.6 Å². The highest BCUT2D eigenvalue weighted by atomic mass is 31.2. The van der Waals surface area contributed by atoms with Gasteiger partial charge in [-0.1, -0.05) is 109 Å². The molecule has 0 fully saturated rings. The second-order valence-electron chi connectivity index (χ2n) is 11.8. The van der Waals surface area contributed by atoms with Crippen LogP contribution in [0.1, 0.15) is 26.3 Å². The maximum Gasteiger partial charge on any atom is 0.259 e. The molecule has 0 heterocycles. The molecule has 0 aromatic heterocycles. The SMILES string of the molecule is O=C(Cc1cccc(NC(=O)c2ccccc2O)c1)c1ccccc1O.c1ccc([P+](c2ccccc2)(c2ccccc2)c2ccccc2)cc1. The zero-order valence-electron chi connectivity index (χ0n) is 27.8. The Balaban J connectivity index is 0.000000176. The molecule has 51 heavy (non-hydrogen) atoms. The van der Waals surface area contributed by atoms with Crippen molar-refractivity contribution in [1.82, 2.24) is 0 Å². The zero-order chi connectivity index (χ0) is 35.5. The Morgan fingerprint density at radius 1 is 0.451 bits per heavy atom. The van der Waals surface area contributed by atoms with Crippen molar-refractivity contribution >= 4 is 45.9 Å². The van der Waals surface area contributed by atoms with Crippen LogP contribution in [-0.2, 0) is 6.42 Å². The third-order valence-electron chi connectivity index (χ3n) is 8.48. The van der Waals surface area contributed by atoms with Crippen LogP contribution in [0.3, 0.4) is 0 Å². The van der Waals surface area contributed by atoms with Gasteiger partial charge in [-0.05, 0) is 90.5 Å². The molecule has 0 aliphatic rings. The average molecular weight is 687 g/mol. The Bertz CT molecular complexity index is 1970. The van der Waals surface area contributed by atoms with Crippen molar-refractivity contribution in [3.8, 4) is 11.5 Å². The van der Waals surface area contributed by atoms with Gasteiger partial charge in [-0.15, -0.1) is 0 Å². The summed E-state index contributed by atoms with van der Waals surface area (Å²) in [5, 5.41) is 27.8. The molecular weight excluding hydrogens is 649 g/mol. The molecule has 7 rings (SSSR count). The van der Waals surface area contributed by atoms with Crippen LogP contribution in [0.5, 0.6) is 11.5 Å². The van der Waals surface area contributed by atoms with E-state index in [-0.39, 0.29) is 34.8 Å². The number of carbonyl (C=O) groups is 2. The lowest BCUT2D eigenvalue weighted by molar-refractivity contribution is 0.0988. The standard InChI is InChI=1S/C24H20P.C21H17NO4/c1-5-13-21(14-6-1)25(22-15-7-2-8-16-22,23-17-9-3-10-18-23)24-19-11-4-12-20-24;23-18-10-3-1-8-16(18)20(25)13-14-6-5-7-15(12-14)22-21(26)17-9-2-4-11-19(17)24/h1-20H;1-12,23-24H,13H2,(H,22,26)/q+1;. The van der Waals surface area contributed by atoms with Gasteiger partial charge in [0, 0.05) is 12.1 Å².